The number of hydrogen-bond acceptors (Lipinski definition) is 4. The summed E-state index contributed by atoms with van der Waals surface area (Å²) in [4.78, 5) is 10.5. The molecule has 92 valence electrons. The Morgan fingerprint density at radius 3 is 2.31 bits per heavy atom. The highest BCUT2D eigenvalue weighted by atomic mass is 32.2. The average molecular weight is 243 g/mol. The molecule has 1 aliphatic rings. The van der Waals surface area contributed by atoms with Gasteiger partial charge in [0.05, 0.1) is 0 Å². The van der Waals surface area contributed by atoms with Crippen molar-refractivity contribution >= 4 is 17.7 Å². The Morgan fingerprint density at radius 1 is 1.44 bits per heavy atom. The van der Waals surface area contributed by atoms with E-state index in [0.717, 1.165) is 0 Å². The average Bonchev–Trinajstić information content (AvgIpc) is 2.69. The van der Waals surface area contributed by atoms with Crippen LogP contribution >= 0.6 is 11.8 Å². The lowest BCUT2D eigenvalue weighted by Gasteiger charge is -1.96. The summed E-state index contributed by atoms with van der Waals surface area (Å²) in [7, 11) is 0. The SMILES string of the molecule is C/C=C\C(N)=C(/C)C(N)=O.N[C@H]1CCSC1. The van der Waals surface area contributed by atoms with Crippen LogP contribution in [0.15, 0.2) is 23.4 Å². The standard InChI is InChI=1S/C7H12N2O.C4H9NS/c1-3-4-6(8)5(2)7(9)10;5-4-1-2-6-3-4/h3-4H,8H2,1-2H3,(H2,9,10);4H,1-3,5H2/b4-3-,6-5-;/t;4-/m.0/s1. The zero-order valence-electron chi connectivity index (χ0n) is 9.90. The van der Waals surface area contributed by atoms with E-state index in [-0.39, 0.29) is 0 Å². The van der Waals surface area contributed by atoms with Gasteiger partial charge in [0, 0.05) is 23.1 Å². The largest absolute Gasteiger partial charge is 0.398 e. The van der Waals surface area contributed by atoms with Gasteiger partial charge in [-0.2, -0.15) is 11.8 Å². The van der Waals surface area contributed by atoms with Crippen molar-refractivity contribution in [1.29, 1.82) is 0 Å². The molecular formula is C11H21N3OS. The number of hydrogen-bond donors (Lipinski definition) is 3. The van der Waals surface area contributed by atoms with E-state index in [1.165, 1.54) is 17.9 Å². The lowest BCUT2D eigenvalue weighted by molar-refractivity contribution is -0.114. The zero-order chi connectivity index (χ0) is 12.6. The molecule has 0 unspecified atom stereocenters. The Kier molecular flexibility index (Phi) is 7.76. The molecule has 1 aliphatic heterocycles. The van der Waals surface area contributed by atoms with Crippen molar-refractivity contribution in [3.63, 3.8) is 0 Å². The Morgan fingerprint density at radius 2 is 2.06 bits per heavy atom. The number of primary amides is 1. The van der Waals surface area contributed by atoms with Gasteiger partial charge in [0.25, 0.3) is 0 Å². The van der Waals surface area contributed by atoms with Crippen molar-refractivity contribution in [3.8, 4) is 0 Å². The van der Waals surface area contributed by atoms with E-state index in [0.29, 0.717) is 17.3 Å². The van der Waals surface area contributed by atoms with Crippen LogP contribution in [0.3, 0.4) is 0 Å². The quantitative estimate of drug-likeness (QED) is 0.492. The maximum atomic E-state index is 10.5. The third-order valence-corrected chi connectivity index (χ3v) is 3.30. The number of allylic oxidation sites excluding steroid dienone is 2. The van der Waals surface area contributed by atoms with E-state index in [1.807, 2.05) is 18.7 Å². The van der Waals surface area contributed by atoms with Crippen LogP contribution in [0.4, 0.5) is 0 Å². The zero-order valence-corrected chi connectivity index (χ0v) is 10.7. The minimum atomic E-state index is -0.476. The fourth-order valence-corrected chi connectivity index (χ4v) is 2.11. The molecule has 0 aromatic rings. The number of thioether (sulfide) groups is 1. The molecule has 1 atom stereocenters. The van der Waals surface area contributed by atoms with E-state index in [9.17, 15) is 4.79 Å². The molecule has 1 saturated heterocycles. The highest BCUT2D eigenvalue weighted by Gasteiger charge is 2.08. The minimum Gasteiger partial charge on any atom is -0.398 e. The van der Waals surface area contributed by atoms with Gasteiger partial charge in [-0.1, -0.05) is 6.08 Å². The number of nitrogens with two attached hydrogens (primary N) is 3. The van der Waals surface area contributed by atoms with E-state index < -0.39 is 5.91 Å². The Hall–Kier alpha value is -0.940. The molecule has 16 heavy (non-hydrogen) atoms. The van der Waals surface area contributed by atoms with Crippen molar-refractivity contribution in [2.45, 2.75) is 26.3 Å². The van der Waals surface area contributed by atoms with Crippen LogP contribution in [0.5, 0.6) is 0 Å². The first-order valence-corrected chi connectivity index (χ1v) is 6.36. The first-order valence-electron chi connectivity index (χ1n) is 5.21. The van der Waals surface area contributed by atoms with E-state index in [4.69, 9.17) is 17.2 Å². The van der Waals surface area contributed by atoms with Crippen LogP contribution in [-0.2, 0) is 4.79 Å². The monoisotopic (exact) mass is 243 g/mol. The first-order chi connectivity index (χ1) is 7.49. The minimum absolute atomic E-state index is 0.401. The molecular weight excluding hydrogens is 222 g/mol. The van der Waals surface area contributed by atoms with Gasteiger partial charge < -0.3 is 17.2 Å². The number of carbonyl (C=O) groups is 1. The predicted molar refractivity (Wildman–Crippen MR) is 70.8 cm³/mol. The van der Waals surface area contributed by atoms with Gasteiger partial charge in [0.2, 0.25) is 5.91 Å². The van der Waals surface area contributed by atoms with Gasteiger partial charge in [0.1, 0.15) is 0 Å². The van der Waals surface area contributed by atoms with Gasteiger partial charge >= 0.3 is 0 Å². The summed E-state index contributed by atoms with van der Waals surface area (Å²) >= 11 is 1.96. The fraction of sp³-hybridized carbons (Fsp3) is 0.545. The summed E-state index contributed by atoms with van der Waals surface area (Å²) in [5.41, 5.74) is 16.7. The second-order valence-corrected chi connectivity index (χ2v) is 4.72. The Balaban J connectivity index is 0.000000315. The fourth-order valence-electron chi connectivity index (χ4n) is 1.000. The van der Waals surface area contributed by atoms with Gasteiger partial charge in [-0.3, -0.25) is 4.79 Å². The van der Waals surface area contributed by atoms with E-state index in [2.05, 4.69) is 0 Å². The van der Waals surface area contributed by atoms with Crippen LogP contribution in [-0.4, -0.2) is 23.5 Å². The van der Waals surface area contributed by atoms with Gasteiger partial charge in [-0.15, -0.1) is 0 Å². The molecule has 1 heterocycles. The van der Waals surface area contributed by atoms with Gasteiger partial charge in [0.15, 0.2) is 0 Å². The van der Waals surface area contributed by atoms with E-state index in [1.54, 1.807) is 19.1 Å². The summed E-state index contributed by atoms with van der Waals surface area (Å²) in [6.45, 7) is 3.42. The second-order valence-electron chi connectivity index (χ2n) is 3.57. The molecule has 0 radical (unpaired) electrons. The highest BCUT2D eigenvalue weighted by molar-refractivity contribution is 7.99. The van der Waals surface area contributed by atoms with Crippen molar-refractivity contribution < 1.29 is 4.79 Å². The summed E-state index contributed by atoms with van der Waals surface area (Å²) in [5, 5.41) is 0. The van der Waals surface area contributed by atoms with Crippen molar-refractivity contribution in [2.24, 2.45) is 17.2 Å². The molecule has 0 bridgehead atoms. The van der Waals surface area contributed by atoms with Crippen molar-refractivity contribution in [1.82, 2.24) is 0 Å². The first kappa shape index (κ1) is 15.1. The Labute approximate surface area is 101 Å². The topological polar surface area (TPSA) is 95.1 Å². The molecule has 6 N–H and O–H groups in total. The van der Waals surface area contributed by atoms with E-state index >= 15 is 0 Å². The highest BCUT2D eigenvalue weighted by Crippen LogP contribution is 2.14. The normalized spacial score (nSPS) is 21.3. The molecule has 0 spiro atoms. The molecule has 0 aliphatic carbocycles. The summed E-state index contributed by atoms with van der Waals surface area (Å²) in [5.74, 6) is 1.98. The molecule has 1 fully saturated rings. The van der Waals surface area contributed by atoms with Crippen molar-refractivity contribution in [3.05, 3.63) is 23.4 Å². The molecule has 4 nitrogen and oxygen atoms in total. The molecule has 0 aromatic heterocycles. The summed E-state index contributed by atoms with van der Waals surface area (Å²) in [6.07, 6.45) is 4.62. The van der Waals surface area contributed by atoms with Crippen LogP contribution < -0.4 is 17.2 Å². The molecule has 0 aromatic carbocycles. The lowest BCUT2D eigenvalue weighted by atomic mass is 10.2. The number of rotatable bonds is 2. The van der Waals surface area contributed by atoms with Crippen LogP contribution in [0.25, 0.3) is 0 Å². The number of carbonyl (C=O) groups excluding carboxylic acids is 1. The Bertz CT molecular complexity index is 281. The van der Waals surface area contributed by atoms with Crippen LogP contribution in [0, 0.1) is 0 Å². The van der Waals surface area contributed by atoms with Crippen LogP contribution in [0.1, 0.15) is 20.3 Å². The summed E-state index contributed by atoms with van der Waals surface area (Å²) in [6, 6.07) is 0.509. The summed E-state index contributed by atoms with van der Waals surface area (Å²) < 4.78 is 0. The smallest absolute Gasteiger partial charge is 0.246 e. The molecule has 1 amide bonds. The van der Waals surface area contributed by atoms with Gasteiger partial charge in [-0.05, 0) is 32.1 Å². The maximum Gasteiger partial charge on any atom is 0.246 e. The van der Waals surface area contributed by atoms with Crippen LogP contribution in [0.2, 0.25) is 0 Å². The predicted octanol–water partition coefficient (Wildman–Crippen LogP) is 0.731. The lowest BCUT2D eigenvalue weighted by Crippen LogP contribution is -2.17. The number of amides is 1. The molecule has 1 rings (SSSR count). The molecule has 0 saturated carbocycles. The maximum absolute atomic E-state index is 10.5. The third kappa shape index (κ3) is 6.53. The molecule has 5 heteroatoms. The van der Waals surface area contributed by atoms with Gasteiger partial charge in [-0.25, -0.2) is 0 Å². The van der Waals surface area contributed by atoms with Crippen molar-refractivity contribution in [2.75, 3.05) is 11.5 Å². The third-order valence-electron chi connectivity index (χ3n) is 2.11. The second kappa shape index (κ2) is 8.24.